The third-order valence-electron chi connectivity index (χ3n) is 5.10. The molecule has 4 rings (SSSR count). The molecule has 2 unspecified atom stereocenters. The Labute approximate surface area is 194 Å². The maximum Gasteiger partial charge on any atom is 0.266 e. The van der Waals surface area contributed by atoms with Crippen molar-refractivity contribution < 1.29 is 13.9 Å². The molecule has 32 heavy (non-hydrogen) atoms. The molecule has 0 spiro atoms. The van der Waals surface area contributed by atoms with Crippen LogP contribution in [-0.4, -0.2) is 56.5 Å². The van der Waals surface area contributed by atoms with Gasteiger partial charge in [0, 0.05) is 18.2 Å². The van der Waals surface area contributed by atoms with Gasteiger partial charge in [-0.2, -0.15) is 0 Å². The van der Waals surface area contributed by atoms with Crippen LogP contribution in [0.4, 0.5) is 4.39 Å². The Morgan fingerprint density at radius 2 is 1.81 bits per heavy atom. The Morgan fingerprint density at radius 3 is 2.53 bits per heavy atom. The highest BCUT2D eigenvalue weighted by Crippen LogP contribution is 2.25. The second kappa shape index (κ2) is 10.1. The summed E-state index contributed by atoms with van der Waals surface area (Å²) in [6, 6.07) is 12.9. The molecule has 0 bridgehead atoms. The molecule has 0 N–H and O–H groups in total. The molecule has 2 heterocycles. The van der Waals surface area contributed by atoms with Gasteiger partial charge in [-0.1, -0.05) is 23.9 Å². The van der Waals surface area contributed by atoms with E-state index in [2.05, 4.69) is 4.98 Å². The van der Waals surface area contributed by atoms with Crippen molar-refractivity contribution in [1.82, 2.24) is 14.5 Å². The highest BCUT2D eigenvalue weighted by Gasteiger charge is 2.25. The van der Waals surface area contributed by atoms with Crippen LogP contribution in [-0.2, 0) is 9.53 Å². The van der Waals surface area contributed by atoms with Gasteiger partial charge in [-0.15, -0.1) is 11.8 Å². The molecule has 168 valence electrons. The van der Waals surface area contributed by atoms with E-state index in [0.717, 1.165) is 0 Å². The fourth-order valence-electron chi connectivity index (χ4n) is 3.72. The number of thioether (sulfide) groups is 2. The zero-order valence-corrected chi connectivity index (χ0v) is 19.5. The minimum Gasteiger partial charge on any atom is -0.372 e. The summed E-state index contributed by atoms with van der Waals surface area (Å²) in [6.07, 6.45) is 0.0723. The van der Waals surface area contributed by atoms with E-state index in [1.165, 1.54) is 40.2 Å². The highest BCUT2D eigenvalue weighted by molar-refractivity contribution is 8.16. The van der Waals surface area contributed by atoms with E-state index in [-0.39, 0.29) is 29.5 Å². The number of nitrogens with zero attached hydrogens (tertiary/aromatic N) is 3. The molecule has 1 saturated heterocycles. The molecule has 9 heteroatoms. The first-order valence-corrected chi connectivity index (χ1v) is 12.5. The number of hydrogen-bond donors (Lipinski definition) is 0. The third-order valence-corrected chi connectivity index (χ3v) is 7.22. The van der Waals surface area contributed by atoms with Gasteiger partial charge in [-0.05, 0) is 50.2 Å². The lowest BCUT2D eigenvalue weighted by Crippen LogP contribution is -2.48. The first kappa shape index (κ1) is 22.8. The van der Waals surface area contributed by atoms with Gasteiger partial charge in [-0.25, -0.2) is 9.37 Å². The number of carbonyl (C=O) groups is 1. The normalized spacial score (nSPS) is 18.8. The van der Waals surface area contributed by atoms with Gasteiger partial charge < -0.3 is 9.64 Å². The molecular formula is C23H24FN3O3S2. The Bertz CT molecular complexity index is 1160. The summed E-state index contributed by atoms with van der Waals surface area (Å²) in [7, 11) is 0. The van der Waals surface area contributed by atoms with Crippen LogP contribution in [0.5, 0.6) is 0 Å². The van der Waals surface area contributed by atoms with Gasteiger partial charge in [-0.3, -0.25) is 14.2 Å². The molecule has 3 aromatic rings. The molecule has 1 aliphatic heterocycles. The minimum atomic E-state index is -0.370. The van der Waals surface area contributed by atoms with Crippen molar-refractivity contribution in [2.24, 2.45) is 0 Å². The van der Waals surface area contributed by atoms with Gasteiger partial charge >= 0.3 is 0 Å². The van der Waals surface area contributed by atoms with Crippen molar-refractivity contribution in [3.05, 3.63) is 64.7 Å². The second-order valence-electron chi connectivity index (χ2n) is 7.70. The van der Waals surface area contributed by atoms with Crippen molar-refractivity contribution in [2.75, 3.05) is 23.9 Å². The van der Waals surface area contributed by atoms with Gasteiger partial charge in [0.15, 0.2) is 5.16 Å². The van der Waals surface area contributed by atoms with Gasteiger partial charge in [0.05, 0.1) is 34.6 Å². The van der Waals surface area contributed by atoms with Crippen molar-refractivity contribution in [3.8, 4) is 5.69 Å². The standard InChI is InChI=1S/C23H24FN3O3S2/c1-15-11-26(12-16(2)30-15)21(28)13-31-14-32-23-25-20-6-4-3-5-19(20)22(29)27(23)18-9-7-17(24)8-10-18/h3-10,15-16H,11-14H2,1-2H3. The number of aromatic nitrogens is 2. The number of rotatable bonds is 6. The van der Waals surface area contributed by atoms with Gasteiger partial charge in [0.25, 0.3) is 5.56 Å². The molecule has 6 nitrogen and oxygen atoms in total. The topological polar surface area (TPSA) is 64.4 Å². The van der Waals surface area contributed by atoms with E-state index in [4.69, 9.17) is 4.74 Å². The number of hydrogen-bond acceptors (Lipinski definition) is 6. The van der Waals surface area contributed by atoms with E-state index < -0.39 is 0 Å². The lowest BCUT2D eigenvalue weighted by molar-refractivity contribution is -0.140. The molecule has 1 amide bonds. The van der Waals surface area contributed by atoms with Crippen LogP contribution in [0.2, 0.25) is 0 Å². The molecular weight excluding hydrogens is 449 g/mol. The number of fused-ring (bicyclic) bond motifs is 1. The predicted molar refractivity (Wildman–Crippen MR) is 127 cm³/mol. The number of benzene rings is 2. The zero-order chi connectivity index (χ0) is 22.7. The first-order valence-electron chi connectivity index (χ1n) is 10.3. The largest absolute Gasteiger partial charge is 0.372 e. The number of amides is 1. The van der Waals surface area contributed by atoms with Crippen molar-refractivity contribution in [3.63, 3.8) is 0 Å². The molecule has 1 aromatic heterocycles. The fourth-order valence-corrected chi connectivity index (χ4v) is 5.65. The summed E-state index contributed by atoms with van der Waals surface area (Å²) in [4.78, 5) is 32.3. The van der Waals surface area contributed by atoms with Crippen LogP contribution in [0.25, 0.3) is 16.6 Å². The van der Waals surface area contributed by atoms with Gasteiger partial charge in [0.1, 0.15) is 5.82 Å². The summed E-state index contributed by atoms with van der Waals surface area (Å²) in [5.74, 6) is 0.0615. The van der Waals surface area contributed by atoms with Crippen LogP contribution in [0, 0.1) is 5.82 Å². The predicted octanol–water partition coefficient (Wildman–Crippen LogP) is 3.94. The van der Waals surface area contributed by atoms with Crippen LogP contribution in [0.3, 0.4) is 0 Å². The maximum absolute atomic E-state index is 13.4. The zero-order valence-electron chi connectivity index (χ0n) is 17.9. The lowest BCUT2D eigenvalue weighted by atomic mass is 10.2. The summed E-state index contributed by atoms with van der Waals surface area (Å²) in [6.45, 7) is 5.15. The van der Waals surface area contributed by atoms with Crippen molar-refractivity contribution >= 4 is 40.3 Å². The fraction of sp³-hybridized carbons (Fsp3) is 0.348. The molecule has 2 aromatic carbocycles. The monoisotopic (exact) mass is 473 g/mol. The summed E-state index contributed by atoms with van der Waals surface area (Å²) >= 11 is 2.88. The first-order chi connectivity index (χ1) is 15.4. The average molecular weight is 474 g/mol. The summed E-state index contributed by atoms with van der Waals surface area (Å²) in [5.41, 5.74) is 0.951. The van der Waals surface area contributed by atoms with Gasteiger partial charge in [0.2, 0.25) is 5.91 Å². The SMILES string of the molecule is CC1CN(C(=O)CSCSc2nc3ccccc3c(=O)n2-c2ccc(F)cc2)CC(C)O1. The molecule has 2 atom stereocenters. The van der Waals surface area contributed by atoms with E-state index in [0.29, 0.717) is 45.7 Å². The lowest BCUT2D eigenvalue weighted by Gasteiger charge is -2.35. The number of halogens is 1. The number of para-hydroxylation sites is 1. The maximum atomic E-state index is 13.4. The minimum absolute atomic E-state index is 0.0361. The van der Waals surface area contributed by atoms with Crippen LogP contribution in [0.1, 0.15) is 13.8 Å². The Hall–Kier alpha value is -2.36. The van der Waals surface area contributed by atoms with E-state index >= 15 is 0 Å². The van der Waals surface area contributed by atoms with Crippen molar-refractivity contribution in [1.29, 1.82) is 0 Å². The number of morpholine rings is 1. The smallest absolute Gasteiger partial charge is 0.266 e. The second-order valence-corrected chi connectivity index (χ2v) is 9.99. The Balaban J connectivity index is 1.50. The highest BCUT2D eigenvalue weighted by atomic mass is 32.2. The van der Waals surface area contributed by atoms with E-state index in [1.54, 1.807) is 30.3 Å². The molecule has 0 aliphatic carbocycles. The number of ether oxygens (including phenoxy) is 1. The van der Waals surface area contributed by atoms with E-state index in [1.807, 2.05) is 24.8 Å². The average Bonchev–Trinajstić information content (AvgIpc) is 2.77. The van der Waals surface area contributed by atoms with E-state index in [9.17, 15) is 14.0 Å². The number of carbonyl (C=O) groups excluding carboxylic acids is 1. The summed E-state index contributed by atoms with van der Waals surface area (Å²) in [5, 5.41) is 1.56. The molecule has 1 aliphatic rings. The van der Waals surface area contributed by atoms with Crippen LogP contribution in [0.15, 0.2) is 58.5 Å². The Kier molecular flexibility index (Phi) is 7.17. The van der Waals surface area contributed by atoms with Crippen molar-refractivity contribution in [2.45, 2.75) is 31.2 Å². The van der Waals surface area contributed by atoms with Crippen LogP contribution >= 0.6 is 23.5 Å². The quantitative estimate of drug-likeness (QED) is 0.234. The van der Waals surface area contributed by atoms with Crippen LogP contribution < -0.4 is 5.56 Å². The molecule has 0 saturated carbocycles. The third kappa shape index (κ3) is 5.16. The Morgan fingerprint density at radius 1 is 1.12 bits per heavy atom. The molecule has 0 radical (unpaired) electrons. The summed E-state index contributed by atoms with van der Waals surface area (Å²) < 4.78 is 20.6. The molecule has 1 fully saturated rings.